The Morgan fingerprint density at radius 2 is 2.11 bits per heavy atom. The molecule has 3 aromatic rings. The van der Waals surface area contributed by atoms with Gasteiger partial charge >= 0.3 is 0 Å². The summed E-state index contributed by atoms with van der Waals surface area (Å²) >= 11 is 0. The number of rotatable bonds is 8. The zero-order chi connectivity index (χ0) is 19.8. The van der Waals surface area contributed by atoms with Crippen LogP contribution in [0.15, 0.2) is 60.8 Å². The van der Waals surface area contributed by atoms with Gasteiger partial charge in [0.15, 0.2) is 0 Å². The van der Waals surface area contributed by atoms with E-state index in [2.05, 4.69) is 11.4 Å². The summed E-state index contributed by atoms with van der Waals surface area (Å²) in [5, 5.41) is 12.7. The number of nitrogens with zero attached hydrogens (tertiary/aromatic N) is 2. The minimum absolute atomic E-state index is 0.165. The average molecular weight is 373 g/mol. The standard InChI is InChI=1S/C23H23N3O2/c1-18-6-4-7-20(16-18)28-15-13-25-23(27)11-10-19-17-26(14-5-12-24)22-9-3-2-8-21(19)22/h2-4,6-11,16-17H,5,13-15H2,1H3,(H,25,27)/b11-10+. The van der Waals surface area contributed by atoms with Gasteiger partial charge in [0.05, 0.1) is 19.0 Å². The normalized spacial score (nSPS) is 10.9. The van der Waals surface area contributed by atoms with Crippen LogP contribution in [0.1, 0.15) is 17.5 Å². The van der Waals surface area contributed by atoms with Gasteiger partial charge < -0.3 is 14.6 Å². The van der Waals surface area contributed by atoms with Gasteiger partial charge in [0, 0.05) is 35.3 Å². The van der Waals surface area contributed by atoms with Crippen molar-refractivity contribution in [3.05, 3.63) is 71.9 Å². The fraction of sp³-hybridized carbons (Fsp3) is 0.217. The van der Waals surface area contributed by atoms with Crippen LogP contribution in [-0.2, 0) is 11.3 Å². The lowest BCUT2D eigenvalue weighted by Crippen LogP contribution is -2.26. The van der Waals surface area contributed by atoms with Gasteiger partial charge in [0.1, 0.15) is 12.4 Å². The van der Waals surface area contributed by atoms with Crippen LogP contribution in [0, 0.1) is 18.3 Å². The molecule has 5 heteroatoms. The van der Waals surface area contributed by atoms with E-state index in [0.29, 0.717) is 26.1 Å². The van der Waals surface area contributed by atoms with E-state index in [9.17, 15) is 4.79 Å². The van der Waals surface area contributed by atoms with Gasteiger partial charge in [-0.1, -0.05) is 30.3 Å². The highest BCUT2D eigenvalue weighted by Gasteiger charge is 2.06. The van der Waals surface area contributed by atoms with Crippen LogP contribution in [0.2, 0.25) is 0 Å². The molecule has 3 rings (SSSR count). The van der Waals surface area contributed by atoms with Gasteiger partial charge in [-0.3, -0.25) is 4.79 Å². The maximum atomic E-state index is 12.1. The number of aryl methyl sites for hydroxylation is 2. The van der Waals surface area contributed by atoms with Crippen LogP contribution in [0.25, 0.3) is 17.0 Å². The van der Waals surface area contributed by atoms with Crippen molar-refractivity contribution in [2.45, 2.75) is 19.9 Å². The molecule has 5 nitrogen and oxygen atoms in total. The minimum atomic E-state index is -0.165. The molecule has 142 valence electrons. The van der Waals surface area contributed by atoms with Crippen LogP contribution in [-0.4, -0.2) is 23.6 Å². The first kappa shape index (κ1) is 19.2. The third-order valence-electron chi connectivity index (χ3n) is 4.36. The molecule has 0 aliphatic heterocycles. The van der Waals surface area contributed by atoms with E-state index in [1.807, 2.05) is 72.3 Å². The number of nitriles is 1. The van der Waals surface area contributed by atoms with Crippen molar-refractivity contribution in [3.63, 3.8) is 0 Å². The molecule has 28 heavy (non-hydrogen) atoms. The van der Waals surface area contributed by atoms with Crippen molar-refractivity contribution >= 4 is 22.9 Å². The van der Waals surface area contributed by atoms with Gasteiger partial charge in [0.25, 0.3) is 0 Å². The summed E-state index contributed by atoms with van der Waals surface area (Å²) in [5.41, 5.74) is 3.16. The number of fused-ring (bicyclic) bond motifs is 1. The molecule has 1 amide bonds. The molecule has 0 saturated carbocycles. The van der Waals surface area contributed by atoms with Crippen molar-refractivity contribution < 1.29 is 9.53 Å². The number of hydrogen-bond acceptors (Lipinski definition) is 3. The Hall–Kier alpha value is -3.52. The largest absolute Gasteiger partial charge is 0.492 e. The first-order valence-electron chi connectivity index (χ1n) is 9.27. The van der Waals surface area contributed by atoms with E-state index >= 15 is 0 Å². The highest BCUT2D eigenvalue weighted by atomic mass is 16.5. The lowest BCUT2D eigenvalue weighted by atomic mass is 10.1. The fourth-order valence-corrected chi connectivity index (χ4v) is 3.04. The Morgan fingerprint density at radius 1 is 1.25 bits per heavy atom. The summed E-state index contributed by atoms with van der Waals surface area (Å²) in [7, 11) is 0. The topological polar surface area (TPSA) is 67.0 Å². The van der Waals surface area contributed by atoms with Crippen molar-refractivity contribution in [1.82, 2.24) is 9.88 Å². The molecule has 2 aromatic carbocycles. The number of amides is 1. The number of aromatic nitrogens is 1. The molecule has 0 radical (unpaired) electrons. The van der Waals surface area contributed by atoms with Gasteiger partial charge in [-0.25, -0.2) is 0 Å². The predicted molar refractivity (Wildman–Crippen MR) is 111 cm³/mol. The number of nitrogens with one attached hydrogen (secondary N) is 1. The third-order valence-corrected chi connectivity index (χ3v) is 4.36. The lowest BCUT2D eigenvalue weighted by molar-refractivity contribution is -0.116. The fourth-order valence-electron chi connectivity index (χ4n) is 3.04. The quantitative estimate of drug-likeness (QED) is 0.478. The Kier molecular flexibility index (Phi) is 6.48. The van der Waals surface area contributed by atoms with Gasteiger partial charge in [-0.05, 0) is 36.8 Å². The summed E-state index contributed by atoms with van der Waals surface area (Å²) in [6, 6.07) is 18.0. The number of ether oxygens (including phenoxy) is 1. The summed E-state index contributed by atoms with van der Waals surface area (Å²) in [6.45, 7) is 3.49. The second-order valence-electron chi connectivity index (χ2n) is 6.49. The van der Waals surface area contributed by atoms with E-state index in [4.69, 9.17) is 10.00 Å². The van der Waals surface area contributed by atoms with E-state index in [-0.39, 0.29) is 5.91 Å². The third kappa shape index (κ3) is 5.01. The van der Waals surface area contributed by atoms with Gasteiger partial charge in [-0.15, -0.1) is 0 Å². The molecule has 1 N–H and O–H groups in total. The smallest absolute Gasteiger partial charge is 0.244 e. The molecule has 0 atom stereocenters. The molecular formula is C23H23N3O2. The zero-order valence-electron chi connectivity index (χ0n) is 15.9. The first-order chi connectivity index (χ1) is 13.7. The molecule has 1 aromatic heterocycles. The molecule has 0 unspecified atom stereocenters. The van der Waals surface area contributed by atoms with Crippen LogP contribution >= 0.6 is 0 Å². The number of carbonyl (C=O) groups excluding carboxylic acids is 1. The molecule has 0 spiro atoms. The molecule has 1 heterocycles. The molecule has 0 aliphatic carbocycles. The summed E-state index contributed by atoms with van der Waals surface area (Å²) in [6.07, 6.45) is 5.76. The summed E-state index contributed by atoms with van der Waals surface area (Å²) in [5.74, 6) is 0.636. The monoisotopic (exact) mass is 373 g/mol. The number of para-hydroxylation sites is 1. The van der Waals surface area contributed by atoms with E-state index in [0.717, 1.165) is 27.8 Å². The Balaban J connectivity index is 1.56. The Bertz CT molecular complexity index is 1030. The SMILES string of the molecule is Cc1cccc(OCCNC(=O)/C=C/c2cn(CCC#N)c3ccccc23)c1. The Morgan fingerprint density at radius 3 is 2.93 bits per heavy atom. The molecule has 0 fully saturated rings. The summed E-state index contributed by atoms with van der Waals surface area (Å²) < 4.78 is 7.68. The van der Waals surface area contributed by atoms with Crippen molar-refractivity contribution in [3.8, 4) is 11.8 Å². The van der Waals surface area contributed by atoms with Crippen LogP contribution in [0.4, 0.5) is 0 Å². The number of benzene rings is 2. The maximum absolute atomic E-state index is 12.1. The van der Waals surface area contributed by atoms with Crippen LogP contribution in [0.3, 0.4) is 0 Å². The number of hydrogen-bond donors (Lipinski definition) is 1. The first-order valence-corrected chi connectivity index (χ1v) is 9.27. The molecule has 0 bridgehead atoms. The van der Waals surface area contributed by atoms with Crippen molar-refractivity contribution in [2.75, 3.05) is 13.2 Å². The molecular weight excluding hydrogens is 350 g/mol. The highest BCUT2D eigenvalue weighted by molar-refractivity contribution is 5.96. The second-order valence-corrected chi connectivity index (χ2v) is 6.49. The molecule has 0 aliphatic rings. The predicted octanol–water partition coefficient (Wildman–Crippen LogP) is 4.07. The zero-order valence-corrected chi connectivity index (χ0v) is 15.9. The second kappa shape index (κ2) is 9.43. The van der Waals surface area contributed by atoms with Crippen LogP contribution < -0.4 is 10.1 Å². The van der Waals surface area contributed by atoms with Crippen LogP contribution in [0.5, 0.6) is 5.75 Å². The van der Waals surface area contributed by atoms with Gasteiger partial charge in [-0.2, -0.15) is 5.26 Å². The van der Waals surface area contributed by atoms with Gasteiger partial charge in [0.2, 0.25) is 5.91 Å². The van der Waals surface area contributed by atoms with E-state index < -0.39 is 0 Å². The van der Waals surface area contributed by atoms with Crippen molar-refractivity contribution in [1.29, 1.82) is 5.26 Å². The maximum Gasteiger partial charge on any atom is 0.244 e. The Labute approximate surface area is 164 Å². The van der Waals surface area contributed by atoms with Crippen molar-refractivity contribution in [2.24, 2.45) is 0 Å². The average Bonchev–Trinajstić information content (AvgIpc) is 3.06. The highest BCUT2D eigenvalue weighted by Crippen LogP contribution is 2.22. The minimum Gasteiger partial charge on any atom is -0.492 e. The summed E-state index contributed by atoms with van der Waals surface area (Å²) in [4.78, 5) is 12.1. The van der Waals surface area contributed by atoms with E-state index in [1.54, 1.807) is 0 Å². The van der Waals surface area contributed by atoms with E-state index in [1.165, 1.54) is 6.08 Å². The lowest BCUT2D eigenvalue weighted by Gasteiger charge is -2.07. The number of carbonyl (C=O) groups is 1. The molecule has 0 saturated heterocycles.